The van der Waals surface area contributed by atoms with Crippen molar-refractivity contribution in [2.45, 2.75) is 36.0 Å². The highest BCUT2D eigenvalue weighted by atomic mass is 127. The lowest BCUT2D eigenvalue weighted by Crippen LogP contribution is -2.06. The Bertz CT molecular complexity index is 106. The van der Waals surface area contributed by atoms with Crippen molar-refractivity contribution in [3.63, 3.8) is 0 Å². The highest BCUT2D eigenvalue weighted by Crippen LogP contribution is 2.41. The van der Waals surface area contributed by atoms with Gasteiger partial charge in [-0.1, -0.05) is 35.4 Å². The fraction of sp³-hybridized carbons (Fsp3) is 1.00. The van der Waals surface area contributed by atoms with Crippen LogP contribution in [0.1, 0.15) is 32.1 Å². The Labute approximate surface area is 83.5 Å². The predicted octanol–water partition coefficient (Wildman–Crippen LogP) is 2.59. The van der Waals surface area contributed by atoms with Gasteiger partial charge < -0.3 is 5.32 Å². The number of unbranched alkanes of at least 4 members (excludes halogenated alkanes) is 2. The van der Waals surface area contributed by atoms with Crippen LogP contribution in [0.4, 0.5) is 0 Å². The lowest BCUT2D eigenvalue weighted by molar-refractivity contribution is 0.590. The summed E-state index contributed by atoms with van der Waals surface area (Å²) in [5, 5.41) is 3.18. The molecular weight excluding hydrogens is 249 g/mol. The van der Waals surface area contributed by atoms with Gasteiger partial charge in [0.05, 0.1) is 0 Å². The van der Waals surface area contributed by atoms with E-state index in [1.165, 1.54) is 38.6 Å². The molecule has 2 heteroatoms. The van der Waals surface area contributed by atoms with E-state index in [4.69, 9.17) is 0 Å². The smallest absolute Gasteiger partial charge is 0.0141 e. The quantitative estimate of drug-likeness (QED) is 0.443. The van der Waals surface area contributed by atoms with Crippen LogP contribution in [0.2, 0.25) is 0 Å². The summed E-state index contributed by atoms with van der Waals surface area (Å²) in [6.45, 7) is 1.19. The molecule has 1 saturated carbocycles. The van der Waals surface area contributed by atoms with Gasteiger partial charge in [-0.3, -0.25) is 0 Å². The number of alkyl halides is 1. The summed E-state index contributed by atoms with van der Waals surface area (Å²) < 4.78 is 1.02. The summed E-state index contributed by atoms with van der Waals surface area (Å²) in [6.07, 6.45) is 7.20. The molecule has 0 saturated heterocycles. The molecule has 2 atom stereocenters. The van der Waals surface area contributed by atoms with E-state index in [9.17, 15) is 0 Å². The molecule has 0 aromatic carbocycles. The third-order valence-electron chi connectivity index (χ3n) is 2.34. The van der Waals surface area contributed by atoms with Crippen molar-refractivity contribution in [3.05, 3.63) is 0 Å². The van der Waals surface area contributed by atoms with Crippen LogP contribution in [0.15, 0.2) is 0 Å². The van der Waals surface area contributed by atoms with Crippen LogP contribution >= 0.6 is 22.6 Å². The summed E-state index contributed by atoms with van der Waals surface area (Å²) in [5.41, 5.74) is 0. The van der Waals surface area contributed by atoms with Crippen LogP contribution in [-0.4, -0.2) is 17.5 Å². The van der Waals surface area contributed by atoms with Crippen LogP contribution in [0.3, 0.4) is 0 Å². The standard InChI is InChI=1S/C9H18IN/c1-11-6-4-2-3-5-8-7-9(8)10/h8-9,11H,2-7H2,1H3/t8?,9-/m0/s1. The Kier molecular flexibility index (Phi) is 4.76. The van der Waals surface area contributed by atoms with Crippen LogP contribution < -0.4 is 5.32 Å². The Hall–Kier alpha value is 0.690. The molecule has 1 fully saturated rings. The minimum absolute atomic E-state index is 1.02. The Morgan fingerprint density at radius 3 is 2.64 bits per heavy atom. The monoisotopic (exact) mass is 267 g/mol. The van der Waals surface area contributed by atoms with Gasteiger partial charge in [0, 0.05) is 3.92 Å². The molecule has 0 aliphatic heterocycles. The number of rotatable bonds is 6. The first-order valence-corrected chi connectivity index (χ1v) is 5.88. The topological polar surface area (TPSA) is 12.0 Å². The van der Waals surface area contributed by atoms with Crippen molar-refractivity contribution in [2.24, 2.45) is 5.92 Å². The number of nitrogens with one attached hydrogen (secondary N) is 1. The van der Waals surface area contributed by atoms with Gasteiger partial charge in [0.25, 0.3) is 0 Å². The summed E-state index contributed by atoms with van der Waals surface area (Å²) in [6, 6.07) is 0. The molecule has 1 aliphatic carbocycles. The Morgan fingerprint density at radius 1 is 1.36 bits per heavy atom. The van der Waals surface area contributed by atoms with E-state index in [1.54, 1.807) is 0 Å². The third kappa shape index (κ3) is 4.31. The van der Waals surface area contributed by atoms with Crippen molar-refractivity contribution < 1.29 is 0 Å². The normalized spacial score (nSPS) is 28.9. The molecule has 1 unspecified atom stereocenters. The van der Waals surface area contributed by atoms with Crippen molar-refractivity contribution in [2.75, 3.05) is 13.6 Å². The number of halogens is 1. The van der Waals surface area contributed by atoms with Crippen molar-refractivity contribution in [1.29, 1.82) is 0 Å². The average Bonchev–Trinajstić information content (AvgIpc) is 2.67. The van der Waals surface area contributed by atoms with Crippen LogP contribution in [0.25, 0.3) is 0 Å². The molecule has 0 amide bonds. The summed E-state index contributed by atoms with van der Waals surface area (Å²) in [7, 11) is 2.03. The molecule has 0 heterocycles. The van der Waals surface area contributed by atoms with Gasteiger partial charge in [-0.05, 0) is 38.8 Å². The third-order valence-corrected chi connectivity index (χ3v) is 3.86. The summed E-state index contributed by atoms with van der Waals surface area (Å²) in [4.78, 5) is 0. The largest absolute Gasteiger partial charge is 0.320 e. The van der Waals surface area contributed by atoms with E-state index < -0.39 is 0 Å². The predicted molar refractivity (Wildman–Crippen MR) is 58.3 cm³/mol. The van der Waals surface area contributed by atoms with Crippen LogP contribution in [0, 0.1) is 5.92 Å². The fourth-order valence-corrected chi connectivity index (χ4v) is 2.41. The van der Waals surface area contributed by atoms with Gasteiger partial charge in [-0.2, -0.15) is 0 Å². The summed E-state index contributed by atoms with van der Waals surface area (Å²) in [5.74, 6) is 1.09. The zero-order valence-electron chi connectivity index (χ0n) is 7.28. The Balaban J connectivity index is 1.74. The summed E-state index contributed by atoms with van der Waals surface area (Å²) >= 11 is 2.57. The highest BCUT2D eigenvalue weighted by Gasteiger charge is 2.33. The van der Waals surface area contributed by atoms with E-state index in [0.29, 0.717) is 0 Å². The first-order chi connectivity index (χ1) is 5.34. The minimum Gasteiger partial charge on any atom is -0.320 e. The molecule has 1 rings (SSSR count). The van der Waals surface area contributed by atoms with Gasteiger partial charge in [-0.15, -0.1) is 0 Å². The molecule has 11 heavy (non-hydrogen) atoms. The molecular formula is C9H18IN. The zero-order chi connectivity index (χ0) is 8.10. The first kappa shape index (κ1) is 9.78. The average molecular weight is 267 g/mol. The van der Waals surface area contributed by atoms with E-state index >= 15 is 0 Å². The van der Waals surface area contributed by atoms with E-state index in [2.05, 4.69) is 27.9 Å². The highest BCUT2D eigenvalue weighted by molar-refractivity contribution is 14.1. The second-order valence-corrected chi connectivity index (χ2v) is 5.06. The van der Waals surface area contributed by atoms with Gasteiger partial charge >= 0.3 is 0 Å². The minimum atomic E-state index is 1.02. The second kappa shape index (κ2) is 5.36. The van der Waals surface area contributed by atoms with Gasteiger partial charge in [0.15, 0.2) is 0 Å². The van der Waals surface area contributed by atoms with Crippen molar-refractivity contribution in [3.8, 4) is 0 Å². The van der Waals surface area contributed by atoms with Gasteiger partial charge in [-0.25, -0.2) is 0 Å². The van der Waals surface area contributed by atoms with E-state index in [1.807, 2.05) is 7.05 Å². The fourth-order valence-electron chi connectivity index (χ4n) is 1.39. The van der Waals surface area contributed by atoms with E-state index in [-0.39, 0.29) is 0 Å². The van der Waals surface area contributed by atoms with Crippen LogP contribution in [-0.2, 0) is 0 Å². The molecule has 1 N–H and O–H groups in total. The molecule has 0 bridgehead atoms. The zero-order valence-corrected chi connectivity index (χ0v) is 9.43. The maximum atomic E-state index is 3.18. The Morgan fingerprint density at radius 2 is 2.09 bits per heavy atom. The second-order valence-electron chi connectivity index (χ2n) is 3.46. The number of hydrogen-bond acceptors (Lipinski definition) is 1. The molecule has 1 nitrogen and oxygen atoms in total. The lowest BCUT2D eigenvalue weighted by atomic mass is 10.1. The molecule has 0 aromatic heterocycles. The SMILES string of the molecule is CNCCCCCC1C[C@@H]1I. The molecule has 0 radical (unpaired) electrons. The van der Waals surface area contributed by atoms with E-state index in [0.717, 1.165) is 9.84 Å². The van der Waals surface area contributed by atoms with Crippen LogP contribution in [0.5, 0.6) is 0 Å². The maximum Gasteiger partial charge on any atom is 0.0141 e. The molecule has 66 valence electrons. The first-order valence-electron chi connectivity index (χ1n) is 4.63. The molecule has 0 aromatic rings. The van der Waals surface area contributed by atoms with Gasteiger partial charge in [0.2, 0.25) is 0 Å². The molecule has 1 aliphatic rings. The van der Waals surface area contributed by atoms with Crippen molar-refractivity contribution in [1.82, 2.24) is 5.32 Å². The van der Waals surface area contributed by atoms with Crippen molar-refractivity contribution >= 4 is 22.6 Å². The maximum absolute atomic E-state index is 3.18. The lowest BCUT2D eigenvalue weighted by Gasteiger charge is -1.98. The molecule has 0 spiro atoms. The number of hydrogen-bond donors (Lipinski definition) is 1. The van der Waals surface area contributed by atoms with Gasteiger partial charge in [0.1, 0.15) is 0 Å².